The molecule has 0 aliphatic heterocycles. The van der Waals surface area contributed by atoms with Crippen molar-refractivity contribution in [1.29, 1.82) is 0 Å². The van der Waals surface area contributed by atoms with Crippen molar-refractivity contribution < 1.29 is 0 Å². The second kappa shape index (κ2) is 6.55. The lowest BCUT2D eigenvalue weighted by Gasteiger charge is -2.32. The van der Waals surface area contributed by atoms with Gasteiger partial charge >= 0.3 is 0 Å². The summed E-state index contributed by atoms with van der Waals surface area (Å²) in [5, 5.41) is 8.16. The fourth-order valence-electron chi connectivity index (χ4n) is 2.92. The molecule has 0 saturated heterocycles. The van der Waals surface area contributed by atoms with E-state index in [2.05, 4.69) is 36.0 Å². The molecule has 0 amide bonds. The molecule has 1 fully saturated rings. The predicted octanol–water partition coefficient (Wildman–Crippen LogP) is 4.10. The Morgan fingerprint density at radius 1 is 1.29 bits per heavy atom. The van der Waals surface area contributed by atoms with Crippen LogP contribution in [-0.4, -0.2) is 12.6 Å². The van der Waals surface area contributed by atoms with E-state index in [9.17, 15) is 0 Å². The summed E-state index contributed by atoms with van der Waals surface area (Å²) in [4.78, 5) is 0. The van der Waals surface area contributed by atoms with Gasteiger partial charge in [-0.15, -0.1) is 0 Å². The molecule has 1 aromatic heterocycles. The summed E-state index contributed by atoms with van der Waals surface area (Å²) < 4.78 is 0. The molecule has 1 aliphatic rings. The topological polar surface area (TPSA) is 12.0 Å². The molecule has 1 heterocycles. The van der Waals surface area contributed by atoms with E-state index >= 15 is 0 Å². The van der Waals surface area contributed by atoms with Crippen molar-refractivity contribution in [2.45, 2.75) is 52.0 Å². The van der Waals surface area contributed by atoms with E-state index in [1.807, 2.05) is 11.3 Å². The van der Waals surface area contributed by atoms with Gasteiger partial charge in [0, 0.05) is 6.04 Å². The zero-order valence-electron chi connectivity index (χ0n) is 11.1. The molecule has 96 valence electrons. The Morgan fingerprint density at radius 2 is 2.06 bits per heavy atom. The molecule has 1 saturated carbocycles. The smallest absolute Gasteiger partial charge is 0.00104 e. The summed E-state index contributed by atoms with van der Waals surface area (Å²) >= 11 is 1.83. The number of thiophene rings is 1. The average molecular weight is 251 g/mol. The second-order valence-corrected chi connectivity index (χ2v) is 6.48. The van der Waals surface area contributed by atoms with Gasteiger partial charge < -0.3 is 5.32 Å². The van der Waals surface area contributed by atoms with Gasteiger partial charge in [0.2, 0.25) is 0 Å². The minimum atomic E-state index is 0.624. The van der Waals surface area contributed by atoms with Crippen LogP contribution >= 0.6 is 11.3 Å². The largest absolute Gasteiger partial charge is 0.314 e. The SMILES string of the molecule is CC(C)NCC1CCCCC1Cc1ccsc1. The van der Waals surface area contributed by atoms with Crippen LogP contribution in [0.2, 0.25) is 0 Å². The van der Waals surface area contributed by atoms with Gasteiger partial charge in [-0.2, -0.15) is 11.3 Å². The summed E-state index contributed by atoms with van der Waals surface area (Å²) in [6.07, 6.45) is 7.03. The summed E-state index contributed by atoms with van der Waals surface area (Å²) in [5.41, 5.74) is 1.55. The van der Waals surface area contributed by atoms with Gasteiger partial charge in [0.1, 0.15) is 0 Å². The molecule has 1 nitrogen and oxygen atoms in total. The third-order valence-electron chi connectivity index (χ3n) is 3.93. The maximum absolute atomic E-state index is 3.63. The number of hydrogen-bond donors (Lipinski definition) is 1. The Labute approximate surface area is 110 Å². The fourth-order valence-corrected chi connectivity index (χ4v) is 3.60. The lowest BCUT2D eigenvalue weighted by molar-refractivity contribution is 0.225. The van der Waals surface area contributed by atoms with E-state index in [1.165, 1.54) is 38.6 Å². The van der Waals surface area contributed by atoms with Crippen LogP contribution in [0.3, 0.4) is 0 Å². The molecular formula is C15H25NS. The zero-order valence-corrected chi connectivity index (χ0v) is 11.9. The van der Waals surface area contributed by atoms with Crippen molar-refractivity contribution in [3.05, 3.63) is 22.4 Å². The lowest BCUT2D eigenvalue weighted by Crippen LogP contribution is -2.34. The van der Waals surface area contributed by atoms with Crippen LogP contribution in [0.1, 0.15) is 45.1 Å². The molecule has 0 aromatic carbocycles. The first-order valence-corrected chi connectivity index (χ1v) is 7.94. The van der Waals surface area contributed by atoms with Crippen molar-refractivity contribution in [2.24, 2.45) is 11.8 Å². The maximum Gasteiger partial charge on any atom is 0.00104 e. The highest BCUT2D eigenvalue weighted by atomic mass is 32.1. The molecule has 1 aromatic rings. The highest BCUT2D eigenvalue weighted by Gasteiger charge is 2.25. The monoisotopic (exact) mass is 251 g/mol. The predicted molar refractivity (Wildman–Crippen MR) is 76.6 cm³/mol. The van der Waals surface area contributed by atoms with E-state index in [0.29, 0.717) is 6.04 Å². The highest BCUT2D eigenvalue weighted by molar-refractivity contribution is 7.07. The van der Waals surface area contributed by atoms with E-state index in [-0.39, 0.29) is 0 Å². The summed E-state index contributed by atoms with van der Waals surface area (Å²) in [6, 6.07) is 2.92. The van der Waals surface area contributed by atoms with Crippen LogP contribution < -0.4 is 5.32 Å². The van der Waals surface area contributed by atoms with Gasteiger partial charge in [-0.25, -0.2) is 0 Å². The molecule has 0 radical (unpaired) electrons. The van der Waals surface area contributed by atoms with Gasteiger partial charge in [0.15, 0.2) is 0 Å². The molecule has 2 rings (SSSR count). The lowest BCUT2D eigenvalue weighted by atomic mass is 9.76. The number of rotatable bonds is 5. The first-order valence-electron chi connectivity index (χ1n) is 7.00. The fraction of sp³-hybridized carbons (Fsp3) is 0.733. The maximum atomic E-state index is 3.63. The first-order chi connectivity index (χ1) is 8.25. The van der Waals surface area contributed by atoms with Crippen molar-refractivity contribution in [2.75, 3.05) is 6.54 Å². The Balaban J connectivity index is 1.87. The average Bonchev–Trinajstić information content (AvgIpc) is 2.80. The van der Waals surface area contributed by atoms with Crippen LogP contribution in [0.4, 0.5) is 0 Å². The molecule has 0 spiro atoms. The van der Waals surface area contributed by atoms with Gasteiger partial charge in [0.05, 0.1) is 0 Å². The van der Waals surface area contributed by atoms with Crippen molar-refractivity contribution in [1.82, 2.24) is 5.32 Å². The minimum Gasteiger partial charge on any atom is -0.314 e. The zero-order chi connectivity index (χ0) is 12.1. The van der Waals surface area contributed by atoms with E-state index in [1.54, 1.807) is 5.56 Å². The summed E-state index contributed by atoms with van der Waals surface area (Å²) in [7, 11) is 0. The van der Waals surface area contributed by atoms with Crippen LogP contribution in [0.5, 0.6) is 0 Å². The van der Waals surface area contributed by atoms with Crippen LogP contribution in [0, 0.1) is 11.8 Å². The molecule has 0 bridgehead atoms. The third-order valence-corrected chi connectivity index (χ3v) is 4.66. The molecular weight excluding hydrogens is 226 g/mol. The van der Waals surface area contributed by atoms with Crippen molar-refractivity contribution >= 4 is 11.3 Å². The Morgan fingerprint density at radius 3 is 2.71 bits per heavy atom. The molecule has 1 N–H and O–H groups in total. The van der Waals surface area contributed by atoms with Crippen molar-refractivity contribution in [3.63, 3.8) is 0 Å². The highest BCUT2D eigenvalue weighted by Crippen LogP contribution is 2.32. The van der Waals surface area contributed by atoms with Crippen LogP contribution in [0.15, 0.2) is 16.8 Å². The molecule has 2 atom stereocenters. The minimum absolute atomic E-state index is 0.624. The molecule has 1 aliphatic carbocycles. The van der Waals surface area contributed by atoms with Gasteiger partial charge in [0.25, 0.3) is 0 Å². The summed E-state index contributed by atoms with van der Waals surface area (Å²) in [6.45, 7) is 5.71. The number of hydrogen-bond acceptors (Lipinski definition) is 2. The molecule has 2 heteroatoms. The van der Waals surface area contributed by atoms with E-state index in [0.717, 1.165) is 11.8 Å². The van der Waals surface area contributed by atoms with Crippen molar-refractivity contribution in [3.8, 4) is 0 Å². The Bertz CT molecular complexity index is 305. The standard InChI is InChI=1S/C15H25NS/c1-12(2)16-10-15-6-4-3-5-14(15)9-13-7-8-17-11-13/h7-8,11-12,14-16H,3-6,9-10H2,1-2H3. The van der Waals surface area contributed by atoms with Gasteiger partial charge in [-0.05, 0) is 60.0 Å². The quantitative estimate of drug-likeness (QED) is 0.831. The molecule has 2 unspecified atom stereocenters. The van der Waals surface area contributed by atoms with Crippen LogP contribution in [-0.2, 0) is 6.42 Å². The van der Waals surface area contributed by atoms with E-state index in [4.69, 9.17) is 0 Å². The van der Waals surface area contributed by atoms with Crippen LogP contribution in [0.25, 0.3) is 0 Å². The second-order valence-electron chi connectivity index (χ2n) is 5.70. The first kappa shape index (κ1) is 13.1. The van der Waals surface area contributed by atoms with E-state index < -0.39 is 0 Å². The third kappa shape index (κ3) is 4.11. The normalized spacial score (nSPS) is 25.4. The molecule has 17 heavy (non-hydrogen) atoms. The number of nitrogens with one attached hydrogen (secondary N) is 1. The van der Waals surface area contributed by atoms with Gasteiger partial charge in [-0.3, -0.25) is 0 Å². The Kier molecular flexibility index (Phi) is 5.05. The Hall–Kier alpha value is -0.340. The van der Waals surface area contributed by atoms with Gasteiger partial charge in [-0.1, -0.05) is 26.7 Å². The summed E-state index contributed by atoms with van der Waals surface area (Å²) in [5.74, 6) is 1.80.